The van der Waals surface area contributed by atoms with Gasteiger partial charge in [0.1, 0.15) is 29.2 Å². The van der Waals surface area contributed by atoms with Gasteiger partial charge in [-0.3, -0.25) is 19.5 Å². The van der Waals surface area contributed by atoms with Crippen LogP contribution in [0.1, 0.15) is 24.2 Å². The molecule has 2 aromatic carbocycles. The lowest BCUT2D eigenvalue weighted by Crippen LogP contribution is -2.30. The molecular weight excluding hydrogens is 418 g/mol. The van der Waals surface area contributed by atoms with Gasteiger partial charge in [0.2, 0.25) is 0 Å². The third kappa shape index (κ3) is 3.71. The molecule has 8 heteroatoms. The van der Waals surface area contributed by atoms with E-state index in [1.807, 2.05) is 6.92 Å². The molecule has 0 radical (unpaired) electrons. The van der Waals surface area contributed by atoms with Crippen LogP contribution in [0.2, 0.25) is 0 Å². The summed E-state index contributed by atoms with van der Waals surface area (Å²) >= 11 is 0. The number of carbonyl (C=O) groups excluding carboxylic acids is 2. The molecule has 0 spiro atoms. The Morgan fingerprint density at radius 3 is 2.50 bits per heavy atom. The number of rotatable bonds is 5. The number of pyridine rings is 1. The normalized spacial score (nSPS) is 17.6. The first kappa shape index (κ1) is 21.2. The number of carbonyl (C=O) groups is 2. The Morgan fingerprint density at radius 1 is 1.09 bits per heavy atom. The van der Waals surface area contributed by atoms with E-state index in [2.05, 4.69) is 4.98 Å². The first-order valence-corrected chi connectivity index (χ1v) is 9.82. The number of Topliss-reactive ketones (excluding diaryl/α,β-unsaturated/α-hetero) is 1. The molecule has 1 fully saturated rings. The maximum Gasteiger partial charge on any atom is 0.300 e. The van der Waals surface area contributed by atoms with Crippen LogP contribution in [0.5, 0.6) is 5.75 Å². The number of benzene rings is 2. The standard InChI is InChI=1S/C24H18F2N2O4/c1-2-32-16-9-6-14(7-10-16)22(29)20-21(18-5-3-4-12-27-18)28(24(31)23(20)30)19-13-15(25)8-11-17(19)26/h3-13,21,29H,2H2,1H3/b22-20+. The second-order valence-corrected chi connectivity index (χ2v) is 6.98. The molecule has 1 atom stereocenters. The molecule has 4 rings (SSSR count). The summed E-state index contributed by atoms with van der Waals surface area (Å²) in [6.45, 7) is 2.28. The molecule has 1 aromatic heterocycles. The van der Waals surface area contributed by atoms with Crippen LogP contribution in [0.3, 0.4) is 0 Å². The topological polar surface area (TPSA) is 79.7 Å². The summed E-state index contributed by atoms with van der Waals surface area (Å²) in [5, 5.41) is 11.0. The molecule has 0 aliphatic carbocycles. The molecule has 0 bridgehead atoms. The second kappa shape index (κ2) is 8.58. The van der Waals surface area contributed by atoms with Gasteiger partial charge in [-0.2, -0.15) is 0 Å². The Kier molecular flexibility index (Phi) is 5.68. The van der Waals surface area contributed by atoms with Gasteiger partial charge < -0.3 is 9.84 Å². The highest BCUT2D eigenvalue weighted by atomic mass is 19.1. The van der Waals surface area contributed by atoms with Gasteiger partial charge in [0.25, 0.3) is 11.7 Å². The summed E-state index contributed by atoms with van der Waals surface area (Å²) in [4.78, 5) is 30.9. The van der Waals surface area contributed by atoms with Crippen molar-refractivity contribution in [2.75, 3.05) is 11.5 Å². The van der Waals surface area contributed by atoms with Crippen molar-refractivity contribution in [2.24, 2.45) is 0 Å². The summed E-state index contributed by atoms with van der Waals surface area (Å²) < 4.78 is 33.9. The van der Waals surface area contributed by atoms with Gasteiger partial charge in [-0.15, -0.1) is 0 Å². The molecule has 32 heavy (non-hydrogen) atoms. The van der Waals surface area contributed by atoms with Crippen molar-refractivity contribution in [3.8, 4) is 5.75 Å². The highest BCUT2D eigenvalue weighted by Gasteiger charge is 2.48. The fourth-order valence-electron chi connectivity index (χ4n) is 3.60. The second-order valence-electron chi connectivity index (χ2n) is 6.98. The minimum Gasteiger partial charge on any atom is -0.507 e. The Hall–Kier alpha value is -4.07. The van der Waals surface area contributed by atoms with E-state index in [0.717, 1.165) is 23.1 Å². The number of hydrogen-bond acceptors (Lipinski definition) is 5. The van der Waals surface area contributed by atoms with Crippen LogP contribution in [0.25, 0.3) is 5.76 Å². The first-order valence-electron chi connectivity index (χ1n) is 9.82. The molecule has 2 heterocycles. The molecule has 1 aliphatic heterocycles. The molecule has 3 aromatic rings. The molecule has 1 unspecified atom stereocenters. The van der Waals surface area contributed by atoms with Crippen LogP contribution < -0.4 is 9.64 Å². The van der Waals surface area contributed by atoms with E-state index in [9.17, 15) is 23.5 Å². The number of ether oxygens (including phenoxy) is 1. The number of aliphatic hydroxyl groups excluding tert-OH is 1. The van der Waals surface area contributed by atoms with Gasteiger partial charge in [-0.1, -0.05) is 6.07 Å². The SMILES string of the molecule is CCOc1ccc(/C(O)=C2\C(=O)C(=O)N(c3cc(F)ccc3F)C2c2ccccn2)cc1. The Morgan fingerprint density at radius 2 is 1.84 bits per heavy atom. The van der Waals surface area contributed by atoms with Crippen molar-refractivity contribution in [1.29, 1.82) is 0 Å². The molecule has 0 saturated carbocycles. The fourth-order valence-corrected chi connectivity index (χ4v) is 3.60. The minimum atomic E-state index is -1.25. The van der Waals surface area contributed by atoms with Gasteiger partial charge >= 0.3 is 0 Å². The van der Waals surface area contributed by atoms with E-state index in [1.165, 1.54) is 24.4 Å². The summed E-state index contributed by atoms with van der Waals surface area (Å²) in [6.07, 6.45) is 1.44. The zero-order valence-electron chi connectivity index (χ0n) is 17.0. The van der Waals surface area contributed by atoms with Crippen LogP contribution in [0, 0.1) is 11.6 Å². The lowest BCUT2D eigenvalue weighted by molar-refractivity contribution is -0.132. The van der Waals surface area contributed by atoms with Crippen LogP contribution in [0.4, 0.5) is 14.5 Å². The number of nitrogens with zero attached hydrogens (tertiary/aromatic N) is 2. The largest absolute Gasteiger partial charge is 0.507 e. The third-order valence-electron chi connectivity index (χ3n) is 5.02. The predicted molar refractivity (Wildman–Crippen MR) is 113 cm³/mol. The number of ketones is 1. The van der Waals surface area contributed by atoms with Crippen LogP contribution in [-0.4, -0.2) is 28.4 Å². The van der Waals surface area contributed by atoms with Crippen molar-refractivity contribution < 1.29 is 28.2 Å². The molecule has 1 amide bonds. The lowest BCUT2D eigenvalue weighted by atomic mass is 9.98. The summed E-state index contributed by atoms with van der Waals surface area (Å²) in [7, 11) is 0. The average Bonchev–Trinajstić information content (AvgIpc) is 3.07. The number of aliphatic hydroxyl groups is 1. The fraction of sp³-hybridized carbons (Fsp3) is 0.125. The number of amides is 1. The molecule has 162 valence electrons. The van der Waals surface area contributed by atoms with E-state index < -0.39 is 40.8 Å². The monoisotopic (exact) mass is 436 g/mol. The van der Waals surface area contributed by atoms with Gasteiger partial charge in [-0.25, -0.2) is 8.78 Å². The molecule has 1 N–H and O–H groups in total. The van der Waals surface area contributed by atoms with Crippen molar-refractivity contribution >= 4 is 23.1 Å². The van der Waals surface area contributed by atoms with Crippen molar-refractivity contribution in [2.45, 2.75) is 13.0 Å². The summed E-state index contributed by atoms with van der Waals surface area (Å²) in [6, 6.07) is 12.4. The van der Waals surface area contributed by atoms with Gasteiger partial charge in [0.05, 0.1) is 23.6 Å². The van der Waals surface area contributed by atoms with Crippen molar-refractivity contribution in [3.05, 3.63) is 95.3 Å². The maximum absolute atomic E-state index is 14.6. The first-order chi connectivity index (χ1) is 15.4. The van der Waals surface area contributed by atoms with Crippen LogP contribution in [-0.2, 0) is 9.59 Å². The smallest absolute Gasteiger partial charge is 0.300 e. The maximum atomic E-state index is 14.6. The minimum absolute atomic E-state index is 0.211. The quantitative estimate of drug-likeness (QED) is 0.365. The van der Waals surface area contributed by atoms with E-state index in [4.69, 9.17) is 4.74 Å². The van der Waals surface area contributed by atoms with E-state index >= 15 is 0 Å². The zero-order valence-corrected chi connectivity index (χ0v) is 17.0. The summed E-state index contributed by atoms with van der Waals surface area (Å²) in [5.41, 5.74) is -0.232. The molecule has 1 aliphatic rings. The number of aromatic nitrogens is 1. The molecule has 1 saturated heterocycles. The van der Waals surface area contributed by atoms with Crippen LogP contribution >= 0.6 is 0 Å². The average molecular weight is 436 g/mol. The Bertz CT molecular complexity index is 1210. The number of hydrogen-bond donors (Lipinski definition) is 1. The van der Waals surface area contributed by atoms with Gasteiger partial charge in [-0.05, 0) is 55.5 Å². The van der Waals surface area contributed by atoms with Gasteiger partial charge in [0, 0.05) is 17.8 Å². The van der Waals surface area contributed by atoms with E-state index in [0.29, 0.717) is 12.4 Å². The van der Waals surface area contributed by atoms with Crippen LogP contribution in [0.15, 0.2) is 72.4 Å². The molecular formula is C24H18F2N2O4. The van der Waals surface area contributed by atoms with E-state index in [1.54, 1.807) is 24.3 Å². The van der Waals surface area contributed by atoms with Crippen molar-refractivity contribution in [3.63, 3.8) is 0 Å². The Labute approximate surface area is 182 Å². The Balaban J connectivity index is 1.91. The highest BCUT2D eigenvalue weighted by molar-refractivity contribution is 6.51. The predicted octanol–water partition coefficient (Wildman–Crippen LogP) is 4.38. The highest BCUT2D eigenvalue weighted by Crippen LogP contribution is 2.42. The number of anilines is 1. The molecule has 6 nitrogen and oxygen atoms in total. The summed E-state index contributed by atoms with van der Waals surface area (Å²) in [5.74, 6) is -3.70. The third-order valence-corrected chi connectivity index (χ3v) is 5.02. The lowest BCUT2D eigenvalue weighted by Gasteiger charge is -2.25. The van der Waals surface area contributed by atoms with Gasteiger partial charge in [0.15, 0.2) is 0 Å². The van der Waals surface area contributed by atoms with Crippen molar-refractivity contribution in [1.82, 2.24) is 4.98 Å². The number of halogens is 2. The van der Waals surface area contributed by atoms with E-state index in [-0.39, 0.29) is 16.8 Å². The zero-order chi connectivity index (χ0) is 22.8.